The van der Waals surface area contributed by atoms with Crippen molar-refractivity contribution >= 4 is 5.78 Å². The molecule has 1 unspecified atom stereocenters. The Bertz CT molecular complexity index is 546. The summed E-state index contributed by atoms with van der Waals surface area (Å²) in [4.78, 5) is 12.7. The van der Waals surface area contributed by atoms with Gasteiger partial charge in [-0.2, -0.15) is 0 Å². The van der Waals surface area contributed by atoms with Gasteiger partial charge in [-0.05, 0) is 24.5 Å². The van der Waals surface area contributed by atoms with Crippen molar-refractivity contribution in [1.82, 2.24) is 0 Å². The van der Waals surface area contributed by atoms with Crippen molar-refractivity contribution in [2.24, 2.45) is 0 Å². The van der Waals surface area contributed by atoms with Crippen LogP contribution in [0.4, 0.5) is 0 Å². The van der Waals surface area contributed by atoms with Crippen molar-refractivity contribution in [3.8, 4) is 0 Å². The lowest BCUT2D eigenvalue weighted by Crippen LogP contribution is -2.57. The fourth-order valence-corrected chi connectivity index (χ4v) is 3.93. The largest absolute Gasteiger partial charge is 0.377 e. The third-order valence-electron chi connectivity index (χ3n) is 5.07. The van der Waals surface area contributed by atoms with E-state index in [-0.39, 0.29) is 23.2 Å². The monoisotopic (exact) mass is 244 g/mol. The number of fused-ring (bicyclic) bond motifs is 1. The second kappa shape index (κ2) is 3.03. The van der Waals surface area contributed by atoms with Crippen LogP contribution in [0.3, 0.4) is 0 Å². The van der Waals surface area contributed by atoms with Gasteiger partial charge < -0.3 is 9.47 Å². The van der Waals surface area contributed by atoms with Gasteiger partial charge in [0.15, 0.2) is 11.4 Å². The summed E-state index contributed by atoms with van der Waals surface area (Å²) in [6.07, 6.45) is 0.872. The topological polar surface area (TPSA) is 38.8 Å². The SMILES string of the molecule is CO[C@]1(C)C[C@H]2c3ccccc3[C@@H]1C(=O)C21CO1. The zero-order valence-corrected chi connectivity index (χ0v) is 10.6. The zero-order chi connectivity index (χ0) is 12.5. The van der Waals surface area contributed by atoms with E-state index in [9.17, 15) is 4.79 Å². The number of carbonyl (C=O) groups is 1. The molecule has 18 heavy (non-hydrogen) atoms. The maximum atomic E-state index is 12.7. The summed E-state index contributed by atoms with van der Waals surface area (Å²) in [5, 5.41) is 0. The van der Waals surface area contributed by atoms with Gasteiger partial charge in [-0.3, -0.25) is 4.79 Å². The minimum atomic E-state index is -0.517. The standard InChI is InChI=1S/C15H16O3/c1-14(17-2)7-11-9-5-3-4-6-10(9)12(14)13(16)15(11)8-18-15/h3-6,11-12H,7-8H2,1-2H3/t11-,12+,14+,15?/m0/s1. The molecule has 5 rings (SSSR count). The number of hydrogen-bond donors (Lipinski definition) is 0. The van der Waals surface area contributed by atoms with Gasteiger partial charge in [0.1, 0.15) is 0 Å². The van der Waals surface area contributed by atoms with Crippen LogP contribution in [-0.4, -0.2) is 30.7 Å². The average molecular weight is 244 g/mol. The van der Waals surface area contributed by atoms with Crippen molar-refractivity contribution < 1.29 is 14.3 Å². The van der Waals surface area contributed by atoms with Crippen LogP contribution in [0.5, 0.6) is 0 Å². The Morgan fingerprint density at radius 1 is 1.33 bits per heavy atom. The highest BCUT2D eigenvalue weighted by Crippen LogP contribution is 2.62. The van der Waals surface area contributed by atoms with Crippen LogP contribution in [0.2, 0.25) is 0 Å². The molecule has 4 aliphatic rings. The first kappa shape index (κ1) is 10.7. The number of hydrogen-bond acceptors (Lipinski definition) is 3. The zero-order valence-electron chi connectivity index (χ0n) is 10.6. The highest BCUT2D eigenvalue weighted by atomic mass is 16.6. The summed E-state index contributed by atoms with van der Waals surface area (Å²) in [6.45, 7) is 2.63. The lowest BCUT2D eigenvalue weighted by molar-refractivity contribution is -0.145. The summed E-state index contributed by atoms with van der Waals surface area (Å²) in [6, 6.07) is 8.25. The van der Waals surface area contributed by atoms with E-state index >= 15 is 0 Å². The number of Topliss-reactive ketones (excluding diaryl/α,β-unsaturated/α-hetero) is 1. The van der Waals surface area contributed by atoms with Crippen molar-refractivity contribution in [2.75, 3.05) is 13.7 Å². The summed E-state index contributed by atoms with van der Waals surface area (Å²) < 4.78 is 11.3. The Hall–Kier alpha value is -1.19. The van der Waals surface area contributed by atoms with E-state index in [1.54, 1.807) is 7.11 Å². The Labute approximate surface area is 106 Å². The summed E-state index contributed by atoms with van der Waals surface area (Å²) in [5.74, 6) is 0.212. The van der Waals surface area contributed by atoms with Gasteiger partial charge in [-0.1, -0.05) is 24.3 Å². The van der Waals surface area contributed by atoms with Crippen LogP contribution in [0, 0.1) is 0 Å². The number of epoxide rings is 1. The van der Waals surface area contributed by atoms with Crippen LogP contribution in [0.15, 0.2) is 24.3 Å². The van der Waals surface area contributed by atoms with Gasteiger partial charge in [0.25, 0.3) is 0 Å². The van der Waals surface area contributed by atoms with E-state index in [0.29, 0.717) is 6.61 Å². The molecule has 2 fully saturated rings. The molecule has 1 spiro atoms. The van der Waals surface area contributed by atoms with Crippen LogP contribution in [0.1, 0.15) is 36.3 Å². The summed E-state index contributed by atoms with van der Waals surface area (Å²) in [7, 11) is 1.71. The molecule has 1 saturated heterocycles. The Kier molecular flexibility index (Phi) is 1.80. The van der Waals surface area contributed by atoms with Crippen molar-refractivity contribution in [3.05, 3.63) is 35.4 Å². The molecular weight excluding hydrogens is 228 g/mol. The smallest absolute Gasteiger partial charge is 0.177 e. The molecule has 4 atom stereocenters. The molecule has 1 aromatic rings. The predicted octanol–water partition coefficient (Wildman–Crippen LogP) is 2.01. The molecule has 3 heteroatoms. The highest BCUT2D eigenvalue weighted by molar-refractivity contribution is 6.01. The first-order valence-corrected chi connectivity index (χ1v) is 6.45. The van der Waals surface area contributed by atoms with Gasteiger partial charge in [0.2, 0.25) is 0 Å². The first-order chi connectivity index (χ1) is 8.62. The highest BCUT2D eigenvalue weighted by Gasteiger charge is 2.70. The second-order valence-electron chi connectivity index (χ2n) is 5.88. The summed E-state index contributed by atoms with van der Waals surface area (Å²) >= 11 is 0. The Balaban J connectivity index is 1.97. The van der Waals surface area contributed by atoms with E-state index in [1.165, 1.54) is 5.56 Å². The number of methoxy groups -OCH3 is 1. The molecule has 0 amide bonds. The molecule has 0 radical (unpaired) electrons. The lowest BCUT2D eigenvalue weighted by Gasteiger charge is -2.51. The molecule has 1 heterocycles. The molecule has 1 aliphatic heterocycles. The van der Waals surface area contributed by atoms with Gasteiger partial charge in [-0.15, -0.1) is 0 Å². The lowest BCUT2D eigenvalue weighted by atomic mass is 9.55. The summed E-state index contributed by atoms with van der Waals surface area (Å²) in [5.41, 5.74) is 1.53. The van der Waals surface area contributed by atoms with E-state index < -0.39 is 5.60 Å². The molecule has 3 aliphatic carbocycles. The Morgan fingerprint density at radius 3 is 2.61 bits per heavy atom. The van der Waals surface area contributed by atoms with Crippen LogP contribution < -0.4 is 0 Å². The molecule has 3 nitrogen and oxygen atoms in total. The van der Waals surface area contributed by atoms with E-state index in [0.717, 1.165) is 12.0 Å². The van der Waals surface area contributed by atoms with Gasteiger partial charge in [0.05, 0.1) is 18.1 Å². The molecule has 1 aromatic carbocycles. The van der Waals surface area contributed by atoms with Gasteiger partial charge >= 0.3 is 0 Å². The predicted molar refractivity (Wildman–Crippen MR) is 65.6 cm³/mol. The van der Waals surface area contributed by atoms with Crippen LogP contribution in [-0.2, 0) is 14.3 Å². The van der Waals surface area contributed by atoms with E-state index in [2.05, 4.69) is 12.1 Å². The van der Waals surface area contributed by atoms with Crippen molar-refractivity contribution in [1.29, 1.82) is 0 Å². The maximum Gasteiger partial charge on any atom is 0.177 e. The number of benzene rings is 1. The van der Waals surface area contributed by atoms with Crippen molar-refractivity contribution in [2.45, 2.75) is 36.4 Å². The van der Waals surface area contributed by atoms with Gasteiger partial charge in [0, 0.05) is 13.0 Å². The normalized spacial score (nSPS) is 44.2. The molecule has 0 N–H and O–H groups in total. The number of carbonyl (C=O) groups excluding carboxylic acids is 1. The van der Waals surface area contributed by atoms with E-state index in [4.69, 9.17) is 9.47 Å². The minimum Gasteiger partial charge on any atom is -0.377 e. The average Bonchev–Trinajstić information content (AvgIpc) is 3.17. The third-order valence-corrected chi connectivity index (χ3v) is 5.07. The fourth-order valence-electron chi connectivity index (χ4n) is 3.93. The van der Waals surface area contributed by atoms with Crippen LogP contribution in [0.25, 0.3) is 0 Å². The quantitative estimate of drug-likeness (QED) is 0.709. The Morgan fingerprint density at radius 2 is 2.00 bits per heavy atom. The number of ether oxygens (including phenoxy) is 2. The molecule has 0 aromatic heterocycles. The van der Waals surface area contributed by atoms with E-state index in [1.807, 2.05) is 19.1 Å². The molecule has 1 saturated carbocycles. The number of rotatable bonds is 1. The fraction of sp³-hybridized carbons (Fsp3) is 0.533. The second-order valence-corrected chi connectivity index (χ2v) is 5.88. The maximum absolute atomic E-state index is 12.7. The van der Waals surface area contributed by atoms with Gasteiger partial charge in [-0.25, -0.2) is 0 Å². The molecule has 2 bridgehead atoms. The number of ketones is 1. The van der Waals surface area contributed by atoms with Crippen molar-refractivity contribution in [3.63, 3.8) is 0 Å². The third kappa shape index (κ3) is 1.01. The first-order valence-electron chi connectivity index (χ1n) is 6.45. The molecule has 94 valence electrons. The molecular formula is C15H16O3. The minimum absolute atomic E-state index is 0.163. The van der Waals surface area contributed by atoms with Crippen LogP contribution >= 0.6 is 0 Å².